The van der Waals surface area contributed by atoms with E-state index in [1.165, 1.54) is 0 Å². The van der Waals surface area contributed by atoms with Crippen molar-refractivity contribution in [1.29, 1.82) is 0 Å². The molecule has 1 amide bonds. The normalized spacial score (nSPS) is 14.1. The van der Waals surface area contributed by atoms with Gasteiger partial charge in [-0.15, -0.1) is 12.4 Å². The first kappa shape index (κ1) is 21.1. The van der Waals surface area contributed by atoms with Gasteiger partial charge in [0.15, 0.2) is 11.5 Å². The maximum atomic E-state index is 12.3. The molecule has 2 aromatic rings. The van der Waals surface area contributed by atoms with E-state index >= 15 is 0 Å². The van der Waals surface area contributed by atoms with E-state index in [0.717, 1.165) is 37.1 Å². The van der Waals surface area contributed by atoms with Crippen molar-refractivity contribution in [3.05, 3.63) is 59.7 Å². The molecule has 2 aromatic carbocycles. The summed E-state index contributed by atoms with van der Waals surface area (Å²) in [4.78, 5) is 12.3. The Hall–Kier alpha value is -2.24. The van der Waals surface area contributed by atoms with E-state index in [4.69, 9.17) is 9.47 Å². The highest BCUT2D eigenvalue weighted by Gasteiger charge is 2.20. The van der Waals surface area contributed by atoms with E-state index in [0.29, 0.717) is 24.7 Å². The Morgan fingerprint density at radius 3 is 2.52 bits per heavy atom. The van der Waals surface area contributed by atoms with Crippen LogP contribution in [0.15, 0.2) is 48.5 Å². The molecule has 6 heteroatoms. The second-order valence-corrected chi connectivity index (χ2v) is 6.50. The molecule has 0 unspecified atom stereocenters. The summed E-state index contributed by atoms with van der Waals surface area (Å²) in [5.74, 6) is 1.63. The number of piperidine rings is 1. The van der Waals surface area contributed by atoms with Crippen molar-refractivity contribution in [2.75, 3.05) is 20.2 Å². The Morgan fingerprint density at radius 2 is 1.81 bits per heavy atom. The molecule has 0 aliphatic carbocycles. The number of carbonyl (C=O) groups excluding carboxylic acids is 1. The van der Waals surface area contributed by atoms with E-state index in [-0.39, 0.29) is 24.2 Å². The van der Waals surface area contributed by atoms with Crippen LogP contribution in [0.2, 0.25) is 0 Å². The highest BCUT2D eigenvalue weighted by atomic mass is 35.5. The standard InChI is InChI=1S/C21H26N2O3.ClH/c1-25-20-13-17(14-23-21(24)18-9-11-22-12-10-18)7-8-19(20)26-15-16-5-3-2-4-6-16;/h2-8,13,18,22H,9-12,14-15H2,1H3,(H,23,24);1H. The van der Waals surface area contributed by atoms with Gasteiger partial charge >= 0.3 is 0 Å². The summed E-state index contributed by atoms with van der Waals surface area (Å²) >= 11 is 0. The molecule has 5 nitrogen and oxygen atoms in total. The van der Waals surface area contributed by atoms with Crippen LogP contribution in [-0.4, -0.2) is 26.1 Å². The molecule has 1 fully saturated rings. The van der Waals surface area contributed by atoms with Crippen LogP contribution in [-0.2, 0) is 17.9 Å². The number of hydrogen-bond acceptors (Lipinski definition) is 4. The average molecular weight is 391 g/mol. The molecule has 0 spiro atoms. The summed E-state index contributed by atoms with van der Waals surface area (Å²) in [6.07, 6.45) is 1.81. The van der Waals surface area contributed by atoms with Gasteiger partial charge < -0.3 is 20.1 Å². The van der Waals surface area contributed by atoms with Gasteiger partial charge in [-0.1, -0.05) is 36.4 Å². The van der Waals surface area contributed by atoms with Gasteiger partial charge in [0.1, 0.15) is 6.61 Å². The summed E-state index contributed by atoms with van der Waals surface area (Å²) in [6, 6.07) is 15.8. The van der Waals surface area contributed by atoms with Crippen molar-refractivity contribution in [2.45, 2.75) is 26.0 Å². The van der Waals surface area contributed by atoms with Crippen LogP contribution < -0.4 is 20.1 Å². The third-order valence-electron chi connectivity index (χ3n) is 4.64. The quantitative estimate of drug-likeness (QED) is 0.761. The minimum Gasteiger partial charge on any atom is -0.493 e. The molecule has 0 radical (unpaired) electrons. The van der Waals surface area contributed by atoms with Crippen molar-refractivity contribution in [3.8, 4) is 11.5 Å². The van der Waals surface area contributed by atoms with Crippen molar-refractivity contribution < 1.29 is 14.3 Å². The van der Waals surface area contributed by atoms with Crippen LogP contribution in [0.1, 0.15) is 24.0 Å². The zero-order chi connectivity index (χ0) is 18.2. The molecular formula is C21H27ClN2O3. The SMILES string of the molecule is COc1cc(CNC(=O)C2CCNCC2)ccc1OCc1ccccc1.Cl. The first-order valence-corrected chi connectivity index (χ1v) is 9.08. The van der Waals surface area contributed by atoms with Gasteiger partial charge in [-0.25, -0.2) is 0 Å². The van der Waals surface area contributed by atoms with Crippen LogP contribution in [0.25, 0.3) is 0 Å². The van der Waals surface area contributed by atoms with E-state index in [2.05, 4.69) is 10.6 Å². The highest BCUT2D eigenvalue weighted by Crippen LogP contribution is 2.29. The van der Waals surface area contributed by atoms with Gasteiger partial charge in [0, 0.05) is 12.5 Å². The number of methoxy groups -OCH3 is 1. The number of halogens is 1. The van der Waals surface area contributed by atoms with Crippen LogP contribution >= 0.6 is 12.4 Å². The number of ether oxygens (including phenoxy) is 2. The second-order valence-electron chi connectivity index (χ2n) is 6.50. The monoisotopic (exact) mass is 390 g/mol. The minimum absolute atomic E-state index is 0. The molecule has 1 saturated heterocycles. The molecule has 2 N–H and O–H groups in total. The molecule has 1 aliphatic rings. The number of rotatable bonds is 7. The lowest BCUT2D eigenvalue weighted by molar-refractivity contribution is -0.125. The van der Waals surface area contributed by atoms with Gasteiger partial charge in [-0.05, 0) is 49.2 Å². The fraction of sp³-hybridized carbons (Fsp3) is 0.381. The van der Waals surface area contributed by atoms with E-state index in [1.807, 2.05) is 48.5 Å². The van der Waals surface area contributed by atoms with Gasteiger partial charge in [-0.2, -0.15) is 0 Å². The number of nitrogens with one attached hydrogen (secondary N) is 2. The predicted molar refractivity (Wildman–Crippen MR) is 108 cm³/mol. The van der Waals surface area contributed by atoms with Gasteiger partial charge in [0.05, 0.1) is 7.11 Å². The summed E-state index contributed by atoms with van der Waals surface area (Å²) in [7, 11) is 1.63. The molecule has 3 rings (SSSR count). The van der Waals surface area contributed by atoms with E-state index in [9.17, 15) is 4.79 Å². The van der Waals surface area contributed by atoms with Crippen molar-refractivity contribution in [1.82, 2.24) is 10.6 Å². The molecule has 1 heterocycles. The molecule has 146 valence electrons. The fourth-order valence-electron chi connectivity index (χ4n) is 3.09. The Labute approximate surface area is 166 Å². The third-order valence-corrected chi connectivity index (χ3v) is 4.64. The van der Waals surface area contributed by atoms with Crippen molar-refractivity contribution >= 4 is 18.3 Å². The summed E-state index contributed by atoms with van der Waals surface area (Å²) < 4.78 is 11.3. The summed E-state index contributed by atoms with van der Waals surface area (Å²) in [6.45, 7) is 2.82. The number of amides is 1. The first-order valence-electron chi connectivity index (χ1n) is 9.08. The molecule has 0 atom stereocenters. The van der Waals surface area contributed by atoms with Crippen molar-refractivity contribution in [2.24, 2.45) is 5.92 Å². The molecule has 0 bridgehead atoms. The summed E-state index contributed by atoms with van der Waals surface area (Å²) in [5, 5.41) is 6.31. The zero-order valence-corrected chi connectivity index (χ0v) is 16.4. The fourth-order valence-corrected chi connectivity index (χ4v) is 3.09. The molecule has 0 saturated carbocycles. The molecule has 1 aliphatic heterocycles. The number of hydrogen-bond donors (Lipinski definition) is 2. The van der Waals surface area contributed by atoms with Crippen LogP contribution in [0.5, 0.6) is 11.5 Å². The second kappa shape index (κ2) is 10.8. The zero-order valence-electron chi connectivity index (χ0n) is 15.6. The Balaban J connectivity index is 0.00000261. The lowest BCUT2D eigenvalue weighted by Gasteiger charge is -2.21. The third kappa shape index (κ3) is 6.15. The average Bonchev–Trinajstić information content (AvgIpc) is 2.72. The lowest BCUT2D eigenvalue weighted by Crippen LogP contribution is -2.37. The van der Waals surface area contributed by atoms with Gasteiger partial charge in [0.25, 0.3) is 0 Å². The number of benzene rings is 2. The number of carbonyl (C=O) groups is 1. The maximum Gasteiger partial charge on any atom is 0.223 e. The Bertz CT molecular complexity index is 719. The topological polar surface area (TPSA) is 59.6 Å². The predicted octanol–water partition coefficient (Wildman–Crippen LogP) is 3.31. The largest absolute Gasteiger partial charge is 0.493 e. The van der Waals surface area contributed by atoms with Crippen LogP contribution in [0.3, 0.4) is 0 Å². The van der Waals surface area contributed by atoms with Crippen LogP contribution in [0, 0.1) is 5.92 Å². The van der Waals surface area contributed by atoms with Crippen molar-refractivity contribution in [3.63, 3.8) is 0 Å². The van der Waals surface area contributed by atoms with Crippen LogP contribution in [0.4, 0.5) is 0 Å². The molecular weight excluding hydrogens is 364 g/mol. The minimum atomic E-state index is 0. The first-order chi connectivity index (χ1) is 12.8. The highest BCUT2D eigenvalue weighted by molar-refractivity contribution is 5.85. The molecule has 0 aromatic heterocycles. The van der Waals surface area contributed by atoms with Gasteiger partial charge in [-0.3, -0.25) is 4.79 Å². The Kier molecular flexibility index (Phi) is 8.43. The smallest absolute Gasteiger partial charge is 0.223 e. The van der Waals surface area contributed by atoms with Gasteiger partial charge in [0.2, 0.25) is 5.91 Å². The lowest BCUT2D eigenvalue weighted by atomic mass is 9.97. The maximum absolute atomic E-state index is 12.3. The van der Waals surface area contributed by atoms with E-state index < -0.39 is 0 Å². The summed E-state index contributed by atoms with van der Waals surface area (Å²) in [5.41, 5.74) is 2.10. The molecule has 27 heavy (non-hydrogen) atoms. The Morgan fingerprint density at radius 1 is 1.07 bits per heavy atom. The van der Waals surface area contributed by atoms with E-state index in [1.54, 1.807) is 7.11 Å².